The van der Waals surface area contributed by atoms with E-state index in [1.54, 1.807) is 24.3 Å². The molecule has 120 valence electrons. The lowest BCUT2D eigenvalue weighted by atomic mass is 10.1. The van der Waals surface area contributed by atoms with Crippen LogP contribution in [0.25, 0.3) is 17.0 Å². The molecule has 1 aromatic carbocycles. The first-order valence-corrected chi connectivity index (χ1v) is 7.73. The van der Waals surface area contributed by atoms with E-state index in [0.717, 1.165) is 35.8 Å². The van der Waals surface area contributed by atoms with Gasteiger partial charge in [-0.2, -0.15) is 0 Å². The van der Waals surface area contributed by atoms with Crippen LogP contribution in [0.15, 0.2) is 56.3 Å². The van der Waals surface area contributed by atoms with Gasteiger partial charge >= 0.3 is 11.6 Å². The van der Waals surface area contributed by atoms with E-state index in [0.29, 0.717) is 17.1 Å². The number of furan rings is 1. The normalized spacial score (nSPS) is 13.5. The van der Waals surface area contributed by atoms with Gasteiger partial charge in [0.05, 0.1) is 6.26 Å². The van der Waals surface area contributed by atoms with Crippen molar-refractivity contribution in [3.63, 3.8) is 0 Å². The van der Waals surface area contributed by atoms with Crippen LogP contribution in [-0.4, -0.2) is 5.97 Å². The number of ether oxygens (including phenoxy) is 1. The Morgan fingerprint density at radius 1 is 1.17 bits per heavy atom. The Morgan fingerprint density at radius 3 is 2.88 bits per heavy atom. The van der Waals surface area contributed by atoms with Crippen molar-refractivity contribution in [2.75, 3.05) is 0 Å². The minimum absolute atomic E-state index is 0.295. The quantitative estimate of drug-likeness (QED) is 0.319. The molecule has 0 radical (unpaired) electrons. The number of aryl methyl sites for hydroxylation is 1. The van der Waals surface area contributed by atoms with Crippen LogP contribution < -0.4 is 10.4 Å². The average Bonchev–Trinajstić information content (AvgIpc) is 3.25. The molecule has 0 atom stereocenters. The maximum Gasteiger partial charge on any atom is 0.339 e. The molecule has 2 aromatic heterocycles. The highest BCUT2D eigenvalue weighted by molar-refractivity contribution is 5.89. The van der Waals surface area contributed by atoms with E-state index in [4.69, 9.17) is 13.6 Å². The summed E-state index contributed by atoms with van der Waals surface area (Å²) in [7, 11) is 0. The summed E-state index contributed by atoms with van der Waals surface area (Å²) in [5.41, 5.74) is 1.97. The summed E-state index contributed by atoms with van der Waals surface area (Å²) in [6.45, 7) is 0. The molecule has 24 heavy (non-hydrogen) atoms. The van der Waals surface area contributed by atoms with Crippen LogP contribution in [-0.2, 0) is 17.6 Å². The van der Waals surface area contributed by atoms with Crippen molar-refractivity contribution in [3.8, 4) is 5.75 Å². The van der Waals surface area contributed by atoms with Gasteiger partial charge in [-0.25, -0.2) is 9.59 Å². The van der Waals surface area contributed by atoms with Crippen LogP contribution in [0.3, 0.4) is 0 Å². The first kappa shape index (κ1) is 14.5. The van der Waals surface area contributed by atoms with Gasteiger partial charge in [-0.15, -0.1) is 0 Å². The van der Waals surface area contributed by atoms with Gasteiger partial charge < -0.3 is 13.6 Å². The van der Waals surface area contributed by atoms with Gasteiger partial charge in [0.25, 0.3) is 0 Å². The second kappa shape index (κ2) is 5.85. The van der Waals surface area contributed by atoms with E-state index in [9.17, 15) is 9.59 Å². The van der Waals surface area contributed by atoms with Crippen molar-refractivity contribution in [2.45, 2.75) is 19.3 Å². The fourth-order valence-corrected chi connectivity index (χ4v) is 3.01. The SMILES string of the molecule is O=C(/C=C/c1ccco1)Oc1ccc2c3c(c(=O)oc2c1)CCC3. The van der Waals surface area contributed by atoms with Gasteiger partial charge in [-0.3, -0.25) is 0 Å². The first-order valence-electron chi connectivity index (χ1n) is 7.73. The lowest BCUT2D eigenvalue weighted by Gasteiger charge is -2.06. The van der Waals surface area contributed by atoms with Gasteiger partial charge in [0, 0.05) is 23.1 Å². The standard InChI is InChI=1S/C19H14O5/c20-18(9-7-12-3-2-10-22-12)23-13-6-8-15-14-4-1-5-16(14)19(21)24-17(15)11-13/h2-3,6-11H,1,4-5H2/b9-7+. The molecule has 0 amide bonds. The van der Waals surface area contributed by atoms with E-state index in [-0.39, 0.29) is 5.63 Å². The highest BCUT2D eigenvalue weighted by Gasteiger charge is 2.19. The van der Waals surface area contributed by atoms with Crippen molar-refractivity contribution in [3.05, 3.63) is 70.0 Å². The second-order valence-electron chi connectivity index (χ2n) is 5.63. The molecule has 1 aliphatic rings. The predicted molar refractivity (Wildman–Crippen MR) is 87.9 cm³/mol. The summed E-state index contributed by atoms with van der Waals surface area (Å²) in [6.07, 6.45) is 6.94. The fourth-order valence-electron chi connectivity index (χ4n) is 3.01. The van der Waals surface area contributed by atoms with Crippen molar-refractivity contribution in [1.29, 1.82) is 0 Å². The second-order valence-corrected chi connectivity index (χ2v) is 5.63. The van der Waals surface area contributed by atoms with Gasteiger partial charge in [0.1, 0.15) is 17.1 Å². The Bertz CT molecular complexity index is 993. The van der Waals surface area contributed by atoms with E-state index < -0.39 is 5.97 Å². The Hall–Kier alpha value is -3.08. The third kappa shape index (κ3) is 2.65. The Labute approximate surface area is 137 Å². The molecule has 0 N–H and O–H groups in total. The van der Waals surface area contributed by atoms with E-state index >= 15 is 0 Å². The summed E-state index contributed by atoms with van der Waals surface area (Å²) in [6, 6.07) is 8.58. The molecular weight excluding hydrogens is 308 g/mol. The summed E-state index contributed by atoms with van der Waals surface area (Å²) < 4.78 is 15.7. The summed E-state index contributed by atoms with van der Waals surface area (Å²) in [4.78, 5) is 23.9. The predicted octanol–water partition coefficient (Wildman–Crippen LogP) is 3.49. The molecule has 0 spiro atoms. The number of esters is 1. The van der Waals surface area contributed by atoms with Crippen LogP contribution in [0.1, 0.15) is 23.3 Å². The third-order valence-electron chi connectivity index (χ3n) is 4.09. The van der Waals surface area contributed by atoms with Crippen LogP contribution in [0, 0.1) is 0 Å². The Balaban J connectivity index is 1.60. The zero-order chi connectivity index (χ0) is 16.5. The Morgan fingerprint density at radius 2 is 2.04 bits per heavy atom. The minimum Gasteiger partial charge on any atom is -0.465 e. The molecule has 3 aromatic rings. The molecule has 0 bridgehead atoms. The fraction of sp³-hybridized carbons (Fsp3) is 0.158. The highest BCUT2D eigenvalue weighted by atomic mass is 16.5. The van der Waals surface area contributed by atoms with E-state index in [1.807, 2.05) is 6.07 Å². The topological polar surface area (TPSA) is 69.7 Å². The van der Waals surface area contributed by atoms with Crippen LogP contribution in [0.2, 0.25) is 0 Å². The zero-order valence-electron chi connectivity index (χ0n) is 12.8. The van der Waals surface area contributed by atoms with E-state index in [2.05, 4.69) is 0 Å². The number of rotatable bonds is 3. The number of fused-ring (bicyclic) bond motifs is 3. The molecule has 0 fully saturated rings. The highest BCUT2D eigenvalue weighted by Crippen LogP contribution is 2.29. The molecule has 5 heteroatoms. The molecule has 1 aliphatic carbocycles. The van der Waals surface area contributed by atoms with E-state index in [1.165, 1.54) is 18.4 Å². The molecule has 0 saturated heterocycles. The molecule has 4 rings (SSSR count). The van der Waals surface area contributed by atoms with Crippen molar-refractivity contribution >= 4 is 23.0 Å². The van der Waals surface area contributed by atoms with Crippen LogP contribution >= 0.6 is 0 Å². The zero-order valence-corrected chi connectivity index (χ0v) is 12.8. The molecule has 0 saturated carbocycles. The van der Waals surface area contributed by atoms with Crippen molar-refractivity contribution < 1.29 is 18.4 Å². The van der Waals surface area contributed by atoms with Crippen molar-refractivity contribution in [2.24, 2.45) is 0 Å². The van der Waals surface area contributed by atoms with Crippen LogP contribution in [0.5, 0.6) is 5.75 Å². The Kier molecular flexibility index (Phi) is 3.54. The third-order valence-corrected chi connectivity index (χ3v) is 4.09. The van der Waals surface area contributed by atoms with Gasteiger partial charge in [0.2, 0.25) is 0 Å². The van der Waals surface area contributed by atoms with Crippen LogP contribution in [0.4, 0.5) is 0 Å². The molecule has 5 nitrogen and oxygen atoms in total. The largest absolute Gasteiger partial charge is 0.465 e. The monoisotopic (exact) mass is 322 g/mol. The number of hydrogen-bond donors (Lipinski definition) is 0. The lowest BCUT2D eigenvalue weighted by Crippen LogP contribution is -2.07. The van der Waals surface area contributed by atoms with Gasteiger partial charge in [-0.05, 0) is 55.2 Å². The summed E-state index contributed by atoms with van der Waals surface area (Å²) in [5.74, 6) is 0.360. The molecule has 0 unspecified atom stereocenters. The maximum absolute atomic E-state index is 12.0. The summed E-state index contributed by atoms with van der Waals surface area (Å²) >= 11 is 0. The van der Waals surface area contributed by atoms with Crippen molar-refractivity contribution in [1.82, 2.24) is 0 Å². The van der Waals surface area contributed by atoms with Gasteiger partial charge in [0.15, 0.2) is 0 Å². The average molecular weight is 322 g/mol. The summed E-state index contributed by atoms with van der Waals surface area (Å²) in [5, 5.41) is 0.910. The van der Waals surface area contributed by atoms with Gasteiger partial charge in [-0.1, -0.05) is 0 Å². The first-order chi connectivity index (χ1) is 11.7. The molecule has 0 aliphatic heterocycles. The smallest absolute Gasteiger partial charge is 0.339 e. The number of hydrogen-bond acceptors (Lipinski definition) is 5. The molecular formula is C19H14O5. The minimum atomic E-state index is -0.533. The number of benzene rings is 1. The number of carbonyl (C=O) groups is 1. The lowest BCUT2D eigenvalue weighted by molar-refractivity contribution is -0.128. The molecule has 2 heterocycles. The number of carbonyl (C=O) groups excluding carboxylic acids is 1. The maximum atomic E-state index is 12.0.